The van der Waals surface area contributed by atoms with Gasteiger partial charge in [0.1, 0.15) is 5.76 Å². The number of thiophene rings is 1. The summed E-state index contributed by atoms with van der Waals surface area (Å²) in [4.78, 5) is 35.1. The summed E-state index contributed by atoms with van der Waals surface area (Å²) in [5.74, 6) is -1.47. The number of rotatable bonds is 6. The average Bonchev–Trinajstić information content (AvgIpc) is 3.40. The van der Waals surface area contributed by atoms with Gasteiger partial charge in [-0.1, -0.05) is 42.5 Å². The molecule has 31 heavy (non-hydrogen) atoms. The predicted molar refractivity (Wildman–Crippen MR) is 120 cm³/mol. The fourth-order valence-corrected chi connectivity index (χ4v) is 4.79. The zero-order valence-corrected chi connectivity index (χ0v) is 18.1. The maximum Gasteiger partial charge on any atom is 0.295 e. The minimum Gasteiger partial charge on any atom is -0.507 e. The van der Waals surface area contributed by atoms with Gasteiger partial charge >= 0.3 is 0 Å². The van der Waals surface area contributed by atoms with Crippen LogP contribution >= 0.6 is 11.3 Å². The second-order valence-electron chi connectivity index (χ2n) is 7.60. The van der Waals surface area contributed by atoms with E-state index in [-0.39, 0.29) is 17.4 Å². The number of pyridine rings is 1. The standard InChI is InChI=1S/C24H23N3O3S/c1-26(2)18(19-11-7-13-31-19)15-27-21(17-10-6-12-25-14-17)20(23(29)24(27)30)22(28)16-8-4-3-5-9-16/h3-14,18,21,28H,15H2,1-2H3/b22-20+/t18-,21-/m0/s1. The molecule has 0 spiro atoms. The third kappa shape index (κ3) is 4.02. The van der Waals surface area contributed by atoms with Crippen LogP contribution in [0, 0.1) is 0 Å². The Morgan fingerprint density at radius 1 is 1.13 bits per heavy atom. The lowest BCUT2D eigenvalue weighted by molar-refractivity contribution is -0.140. The van der Waals surface area contributed by atoms with Crippen molar-refractivity contribution in [3.05, 3.63) is 93.9 Å². The third-order valence-electron chi connectivity index (χ3n) is 5.45. The molecule has 3 aromatic rings. The smallest absolute Gasteiger partial charge is 0.295 e. The number of Topliss-reactive ketones (excluding diaryl/α,β-unsaturated/α-hetero) is 1. The number of likely N-dealkylation sites (tertiary alicyclic amines) is 1. The number of nitrogens with zero attached hydrogens (tertiary/aromatic N) is 3. The molecule has 2 aromatic heterocycles. The van der Waals surface area contributed by atoms with Crippen molar-refractivity contribution in [1.29, 1.82) is 0 Å². The van der Waals surface area contributed by atoms with Crippen molar-refractivity contribution in [1.82, 2.24) is 14.8 Å². The van der Waals surface area contributed by atoms with E-state index in [1.54, 1.807) is 59.0 Å². The number of hydrogen-bond acceptors (Lipinski definition) is 6. The number of hydrogen-bond donors (Lipinski definition) is 1. The first-order valence-electron chi connectivity index (χ1n) is 9.92. The van der Waals surface area contributed by atoms with Gasteiger partial charge in [-0.05, 0) is 37.2 Å². The van der Waals surface area contributed by atoms with Gasteiger partial charge in [0.2, 0.25) is 0 Å². The van der Waals surface area contributed by atoms with Crippen molar-refractivity contribution in [2.45, 2.75) is 12.1 Å². The molecule has 1 amide bonds. The Labute approximate surface area is 185 Å². The van der Waals surface area contributed by atoms with Crippen LogP contribution in [0.2, 0.25) is 0 Å². The first-order chi connectivity index (χ1) is 15.0. The molecule has 0 unspecified atom stereocenters. The summed E-state index contributed by atoms with van der Waals surface area (Å²) in [5.41, 5.74) is 1.27. The molecular formula is C24H23N3O3S. The average molecular weight is 434 g/mol. The van der Waals surface area contributed by atoms with Crippen molar-refractivity contribution in [3.63, 3.8) is 0 Å². The highest BCUT2D eigenvalue weighted by Gasteiger charge is 2.47. The summed E-state index contributed by atoms with van der Waals surface area (Å²) in [6.45, 7) is 0.309. The summed E-state index contributed by atoms with van der Waals surface area (Å²) >= 11 is 1.61. The number of aromatic nitrogens is 1. The molecule has 7 heteroatoms. The van der Waals surface area contributed by atoms with Crippen LogP contribution in [0.1, 0.15) is 28.1 Å². The van der Waals surface area contributed by atoms with E-state index >= 15 is 0 Å². The topological polar surface area (TPSA) is 73.7 Å². The van der Waals surface area contributed by atoms with Crippen LogP contribution in [0.4, 0.5) is 0 Å². The van der Waals surface area contributed by atoms with Crippen LogP contribution in [0.25, 0.3) is 5.76 Å². The van der Waals surface area contributed by atoms with Crippen molar-refractivity contribution in [2.75, 3.05) is 20.6 Å². The van der Waals surface area contributed by atoms with Gasteiger partial charge < -0.3 is 14.9 Å². The fraction of sp³-hybridized carbons (Fsp3) is 0.208. The Hall–Kier alpha value is -3.29. The normalized spacial score (nSPS) is 19.2. The molecule has 0 bridgehead atoms. The van der Waals surface area contributed by atoms with Gasteiger partial charge in [-0.2, -0.15) is 0 Å². The van der Waals surface area contributed by atoms with Gasteiger partial charge in [0, 0.05) is 29.4 Å². The van der Waals surface area contributed by atoms with E-state index in [4.69, 9.17) is 0 Å². The number of amides is 1. The summed E-state index contributed by atoms with van der Waals surface area (Å²) in [7, 11) is 3.90. The Balaban J connectivity index is 1.83. The van der Waals surface area contributed by atoms with Crippen LogP contribution in [-0.4, -0.2) is 52.2 Å². The molecule has 0 saturated carbocycles. The van der Waals surface area contributed by atoms with E-state index in [9.17, 15) is 14.7 Å². The van der Waals surface area contributed by atoms with Crippen molar-refractivity contribution < 1.29 is 14.7 Å². The molecule has 2 atom stereocenters. The molecular weight excluding hydrogens is 410 g/mol. The van der Waals surface area contributed by atoms with Gasteiger partial charge in [0.15, 0.2) is 0 Å². The summed E-state index contributed by atoms with van der Waals surface area (Å²) in [5, 5.41) is 13.0. The molecule has 4 rings (SSSR count). The lowest BCUT2D eigenvalue weighted by Crippen LogP contribution is -2.37. The number of likely N-dealkylation sites (N-methyl/N-ethyl adjacent to an activating group) is 1. The second kappa shape index (κ2) is 8.83. The third-order valence-corrected chi connectivity index (χ3v) is 6.43. The first-order valence-corrected chi connectivity index (χ1v) is 10.8. The number of aliphatic hydroxyl groups is 1. The molecule has 1 aromatic carbocycles. The monoisotopic (exact) mass is 433 g/mol. The molecule has 1 N–H and O–H groups in total. The molecule has 0 aliphatic carbocycles. The van der Waals surface area contributed by atoms with E-state index in [2.05, 4.69) is 4.98 Å². The maximum absolute atomic E-state index is 13.2. The number of ketones is 1. The molecule has 0 radical (unpaired) electrons. The largest absolute Gasteiger partial charge is 0.507 e. The molecule has 1 fully saturated rings. The number of aliphatic hydroxyl groups excluding tert-OH is 1. The van der Waals surface area contributed by atoms with Crippen molar-refractivity contribution in [3.8, 4) is 0 Å². The number of benzene rings is 1. The summed E-state index contributed by atoms with van der Waals surface area (Å²) < 4.78 is 0. The van der Waals surface area contributed by atoms with Gasteiger partial charge in [-0.3, -0.25) is 14.6 Å². The summed E-state index contributed by atoms with van der Waals surface area (Å²) in [6.07, 6.45) is 3.28. The maximum atomic E-state index is 13.2. The highest BCUT2D eigenvalue weighted by molar-refractivity contribution is 7.10. The van der Waals surface area contributed by atoms with Gasteiger partial charge in [-0.25, -0.2) is 0 Å². The molecule has 1 saturated heterocycles. The Bertz CT molecular complexity index is 1100. The molecule has 3 heterocycles. The predicted octanol–water partition coefficient (Wildman–Crippen LogP) is 3.87. The molecule has 158 valence electrons. The lowest BCUT2D eigenvalue weighted by atomic mass is 9.96. The zero-order chi connectivity index (χ0) is 22.0. The number of carbonyl (C=O) groups excluding carboxylic acids is 2. The summed E-state index contributed by atoms with van der Waals surface area (Å²) in [6, 6.07) is 15.6. The van der Waals surface area contributed by atoms with Crippen LogP contribution in [0.3, 0.4) is 0 Å². The van der Waals surface area contributed by atoms with Crippen molar-refractivity contribution >= 4 is 28.8 Å². The highest BCUT2D eigenvalue weighted by Crippen LogP contribution is 2.40. The Kier molecular flexibility index (Phi) is 5.97. The van der Waals surface area contributed by atoms with E-state index in [0.29, 0.717) is 17.7 Å². The molecule has 1 aliphatic heterocycles. The van der Waals surface area contributed by atoms with E-state index in [0.717, 1.165) is 4.88 Å². The van der Waals surface area contributed by atoms with Gasteiger partial charge in [0.05, 0.1) is 17.7 Å². The van der Waals surface area contributed by atoms with Gasteiger partial charge in [0.25, 0.3) is 11.7 Å². The Morgan fingerprint density at radius 3 is 2.52 bits per heavy atom. The Morgan fingerprint density at radius 2 is 1.90 bits per heavy atom. The highest BCUT2D eigenvalue weighted by atomic mass is 32.1. The van der Waals surface area contributed by atoms with Crippen LogP contribution < -0.4 is 0 Å². The number of carbonyl (C=O) groups is 2. The van der Waals surface area contributed by atoms with E-state index in [1.807, 2.05) is 48.6 Å². The minimum absolute atomic E-state index is 0.0888. The quantitative estimate of drug-likeness (QED) is 0.363. The first kappa shape index (κ1) is 21.0. The van der Waals surface area contributed by atoms with Crippen LogP contribution in [0.5, 0.6) is 0 Å². The second-order valence-corrected chi connectivity index (χ2v) is 8.58. The van der Waals surface area contributed by atoms with Gasteiger partial charge in [-0.15, -0.1) is 11.3 Å². The van der Waals surface area contributed by atoms with Crippen molar-refractivity contribution in [2.24, 2.45) is 0 Å². The molecule has 1 aliphatic rings. The zero-order valence-electron chi connectivity index (χ0n) is 17.3. The van der Waals surface area contributed by atoms with Crippen LogP contribution in [0.15, 0.2) is 77.9 Å². The molecule has 6 nitrogen and oxygen atoms in total. The van der Waals surface area contributed by atoms with E-state index in [1.165, 1.54) is 0 Å². The fourth-order valence-electron chi connectivity index (χ4n) is 3.88. The van der Waals surface area contributed by atoms with Crippen LogP contribution in [-0.2, 0) is 9.59 Å². The van der Waals surface area contributed by atoms with E-state index < -0.39 is 17.7 Å². The lowest BCUT2D eigenvalue weighted by Gasteiger charge is -2.32. The minimum atomic E-state index is -0.712. The SMILES string of the molecule is CN(C)[C@@H](CN1C(=O)C(=O)/C(=C(/O)c2ccccc2)[C@@H]1c1cccnc1)c1cccs1.